The molecular formula is C22H38N2O7. The standard InChI is InChI=1S/C22H38N2O7/c1-20(25)23-21-4-6-22(7-5-21)31-19-18-30-17-16-29-15-14-28-13-12-27-11-10-26-9-8-24(2)3/h4-7H,8-19H2,1-3H3,(H,23,25). The minimum atomic E-state index is -0.0995. The SMILES string of the molecule is CC(=O)Nc1ccc(OCCOCCOCCOCCOCCOCCN(C)C)cc1. The molecule has 0 fully saturated rings. The van der Waals surface area contributed by atoms with Crippen LogP contribution in [0.15, 0.2) is 24.3 Å². The fraction of sp³-hybridized carbons (Fsp3) is 0.682. The van der Waals surface area contributed by atoms with Gasteiger partial charge in [0.1, 0.15) is 12.4 Å². The maximum absolute atomic E-state index is 11.0. The average Bonchev–Trinajstić information content (AvgIpc) is 2.73. The normalized spacial score (nSPS) is 11.1. The van der Waals surface area contributed by atoms with Crippen LogP contribution in [0.25, 0.3) is 0 Å². The van der Waals surface area contributed by atoms with Gasteiger partial charge in [-0.25, -0.2) is 0 Å². The highest BCUT2D eigenvalue weighted by molar-refractivity contribution is 5.88. The van der Waals surface area contributed by atoms with Crippen LogP contribution < -0.4 is 10.1 Å². The van der Waals surface area contributed by atoms with Crippen LogP contribution in [0.1, 0.15) is 6.92 Å². The van der Waals surface area contributed by atoms with Crippen molar-refractivity contribution in [3.8, 4) is 5.75 Å². The van der Waals surface area contributed by atoms with Gasteiger partial charge in [0.2, 0.25) is 5.91 Å². The number of ether oxygens (including phenoxy) is 6. The zero-order valence-corrected chi connectivity index (χ0v) is 19.1. The Morgan fingerprint density at radius 1 is 0.710 bits per heavy atom. The van der Waals surface area contributed by atoms with Crippen molar-refractivity contribution in [2.75, 3.05) is 98.6 Å². The van der Waals surface area contributed by atoms with Crippen LogP contribution in [0, 0.1) is 0 Å². The van der Waals surface area contributed by atoms with Crippen LogP contribution in [-0.4, -0.2) is 104 Å². The van der Waals surface area contributed by atoms with Crippen molar-refractivity contribution in [3.63, 3.8) is 0 Å². The minimum absolute atomic E-state index is 0.0995. The van der Waals surface area contributed by atoms with Crippen molar-refractivity contribution in [2.45, 2.75) is 6.92 Å². The van der Waals surface area contributed by atoms with Gasteiger partial charge >= 0.3 is 0 Å². The van der Waals surface area contributed by atoms with Crippen molar-refractivity contribution in [3.05, 3.63) is 24.3 Å². The lowest BCUT2D eigenvalue weighted by atomic mass is 10.3. The molecule has 0 atom stereocenters. The summed E-state index contributed by atoms with van der Waals surface area (Å²) in [5.41, 5.74) is 0.741. The average molecular weight is 443 g/mol. The molecule has 0 unspecified atom stereocenters. The summed E-state index contributed by atoms with van der Waals surface area (Å²) < 4.78 is 32.8. The van der Waals surface area contributed by atoms with Crippen molar-refractivity contribution in [1.29, 1.82) is 0 Å². The predicted molar refractivity (Wildman–Crippen MR) is 119 cm³/mol. The first-order valence-corrected chi connectivity index (χ1v) is 10.6. The number of amides is 1. The van der Waals surface area contributed by atoms with E-state index in [4.69, 9.17) is 28.4 Å². The molecule has 0 spiro atoms. The molecule has 1 aromatic rings. The summed E-state index contributed by atoms with van der Waals surface area (Å²) in [6.45, 7) is 8.37. The van der Waals surface area contributed by atoms with Crippen LogP contribution >= 0.6 is 0 Å². The number of carbonyl (C=O) groups excluding carboxylic acids is 1. The quantitative estimate of drug-likeness (QED) is 0.305. The van der Waals surface area contributed by atoms with E-state index < -0.39 is 0 Å². The maximum atomic E-state index is 11.0. The Labute approximate surface area is 185 Å². The molecule has 0 saturated carbocycles. The predicted octanol–water partition coefficient (Wildman–Crippen LogP) is 1.67. The second-order valence-electron chi connectivity index (χ2n) is 6.92. The molecule has 1 aromatic carbocycles. The van der Waals surface area contributed by atoms with Crippen molar-refractivity contribution >= 4 is 11.6 Å². The summed E-state index contributed by atoms with van der Waals surface area (Å²) in [4.78, 5) is 13.1. The lowest BCUT2D eigenvalue weighted by Crippen LogP contribution is -2.19. The zero-order chi connectivity index (χ0) is 22.6. The summed E-state index contributed by atoms with van der Waals surface area (Å²) in [7, 11) is 4.03. The molecule has 0 aliphatic carbocycles. The van der Waals surface area contributed by atoms with Gasteiger partial charge in [0, 0.05) is 19.2 Å². The number of nitrogens with zero attached hydrogens (tertiary/aromatic N) is 1. The number of hydrogen-bond acceptors (Lipinski definition) is 8. The summed E-state index contributed by atoms with van der Waals surface area (Å²) >= 11 is 0. The number of anilines is 1. The molecule has 0 radical (unpaired) electrons. The van der Waals surface area contributed by atoms with Crippen LogP contribution in [0.3, 0.4) is 0 Å². The van der Waals surface area contributed by atoms with E-state index in [1.54, 1.807) is 24.3 Å². The molecular weight excluding hydrogens is 404 g/mol. The summed E-state index contributed by atoms with van der Waals surface area (Å²) in [5.74, 6) is 0.629. The first-order valence-electron chi connectivity index (χ1n) is 10.6. The van der Waals surface area contributed by atoms with Gasteiger partial charge < -0.3 is 38.6 Å². The maximum Gasteiger partial charge on any atom is 0.221 e. The highest BCUT2D eigenvalue weighted by atomic mass is 16.6. The van der Waals surface area contributed by atoms with E-state index in [0.717, 1.165) is 24.6 Å². The second-order valence-corrected chi connectivity index (χ2v) is 6.92. The fourth-order valence-corrected chi connectivity index (χ4v) is 2.29. The molecule has 0 aliphatic rings. The molecule has 0 aromatic heterocycles. The number of rotatable bonds is 20. The summed E-state index contributed by atoms with van der Waals surface area (Å²) in [6, 6.07) is 7.20. The topological polar surface area (TPSA) is 87.7 Å². The molecule has 9 heteroatoms. The van der Waals surface area contributed by atoms with E-state index in [1.807, 2.05) is 14.1 Å². The Kier molecular flexibility index (Phi) is 16.7. The zero-order valence-electron chi connectivity index (χ0n) is 19.1. The fourth-order valence-electron chi connectivity index (χ4n) is 2.29. The monoisotopic (exact) mass is 442 g/mol. The third-order valence-electron chi connectivity index (χ3n) is 3.84. The number of carbonyl (C=O) groups is 1. The molecule has 0 bridgehead atoms. The molecule has 178 valence electrons. The smallest absolute Gasteiger partial charge is 0.221 e. The second kappa shape index (κ2) is 19.0. The molecule has 31 heavy (non-hydrogen) atoms. The van der Waals surface area contributed by atoms with Crippen LogP contribution in [0.4, 0.5) is 5.69 Å². The van der Waals surface area contributed by atoms with E-state index in [1.165, 1.54) is 6.92 Å². The van der Waals surface area contributed by atoms with Gasteiger partial charge in [-0.1, -0.05) is 0 Å². The molecule has 9 nitrogen and oxygen atoms in total. The van der Waals surface area contributed by atoms with Gasteiger partial charge in [0.15, 0.2) is 0 Å². The van der Waals surface area contributed by atoms with Gasteiger partial charge in [0.05, 0.1) is 66.1 Å². The lowest BCUT2D eigenvalue weighted by Gasteiger charge is -2.10. The first-order chi connectivity index (χ1) is 15.1. The first kappa shape index (κ1) is 27.3. The Balaban J connectivity index is 1.78. The van der Waals surface area contributed by atoms with Gasteiger partial charge in [-0.15, -0.1) is 0 Å². The van der Waals surface area contributed by atoms with Gasteiger partial charge in [-0.05, 0) is 38.4 Å². The third kappa shape index (κ3) is 17.6. The van der Waals surface area contributed by atoms with E-state index in [-0.39, 0.29) is 5.91 Å². The van der Waals surface area contributed by atoms with Gasteiger partial charge in [-0.2, -0.15) is 0 Å². The Morgan fingerprint density at radius 3 is 1.55 bits per heavy atom. The van der Waals surface area contributed by atoms with E-state index in [2.05, 4.69) is 10.2 Å². The molecule has 0 heterocycles. The van der Waals surface area contributed by atoms with Gasteiger partial charge in [-0.3, -0.25) is 4.79 Å². The largest absolute Gasteiger partial charge is 0.491 e. The molecule has 1 N–H and O–H groups in total. The number of benzene rings is 1. The number of likely N-dealkylation sites (N-methyl/N-ethyl adjacent to an activating group) is 1. The molecule has 0 saturated heterocycles. The minimum Gasteiger partial charge on any atom is -0.491 e. The van der Waals surface area contributed by atoms with Crippen LogP contribution in [-0.2, 0) is 28.5 Å². The van der Waals surface area contributed by atoms with Gasteiger partial charge in [0.25, 0.3) is 0 Å². The van der Waals surface area contributed by atoms with Crippen molar-refractivity contribution < 1.29 is 33.2 Å². The van der Waals surface area contributed by atoms with Crippen LogP contribution in [0.2, 0.25) is 0 Å². The van der Waals surface area contributed by atoms with E-state index in [0.29, 0.717) is 66.1 Å². The van der Waals surface area contributed by atoms with Crippen LogP contribution in [0.5, 0.6) is 5.75 Å². The third-order valence-corrected chi connectivity index (χ3v) is 3.84. The molecule has 1 amide bonds. The molecule has 0 aliphatic heterocycles. The van der Waals surface area contributed by atoms with E-state index >= 15 is 0 Å². The highest BCUT2D eigenvalue weighted by Gasteiger charge is 1.98. The van der Waals surface area contributed by atoms with E-state index in [9.17, 15) is 4.79 Å². The van der Waals surface area contributed by atoms with Crippen molar-refractivity contribution in [1.82, 2.24) is 4.90 Å². The Morgan fingerprint density at radius 2 is 1.13 bits per heavy atom. The summed E-state index contributed by atoms with van der Waals surface area (Å²) in [6.07, 6.45) is 0. The highest BCUT2D eigenvalue weighted by Crippen LogP contribution is 2.15. The number of hydrogen-bond donors (Lipinski definition) is 1. The van der Waals surface area contributed by atoms with Crippen molar-refractivity contribution in [2.24, 2.45) is 0 Å². The lowest BCUT2D eigenvalue weighted by molar-refractivity contribution is -0.114. The summed E-state index contributed by atoms with van der Waals surface area (Å²) in [5, 5.41) is 2.71. The Bertz CT molecular complexity index is 555. The Hall–Kier alpha value is -1.75. The number of nitrogens with one attached hydrogen (secondary N) is 1. The molecule has 1 rings (SSSR count).